The van der Waals surface area contributed by atoms with Crippen LogP contribution in [0.4, 0.5) is 0 Å². The molecule has 2 rings (SSSR count). The van der Waals surface area contributed by atoms with Gasteiger partial charge >= 0.3 is 0 Å². The number of hydrogen-bond acceptors (Lipinski definition) is 3. The fourth-order valence-electron chi connectivity index (χ4n) is 2.13. The second-order valence-electron chi connectivity index (χ2n) is 6.94. The van der Waals surface area contributed by atoms with Crippen molar-refractivity contribution >= 4 is 11.3 Å². The van der Waals surface area contributed by atoms with Gasteiger partial charge in [-0.25, -0.2) is 4.98 Å². The van der Waals surface area contributed by atoms with Crippen molar-refractivity contribution in [1.29, 1.82) is 0 Å². The Hall–Kier alpha value is -0.410. The van der Waals surface area contributed by atoms with Crippen molar-refractivity contribution in [3.8, 4) is 0 Å². The zero-order valence-electron chi connectivity index (χ0n) is 12.5. The van der Waals surface area contributed by atoms with Crippen LogP contribution < -0.4 is 5.32 Å². The van der Waals surface area contributed by atoms with Crippen molar-refractivity contribution in [3.63, 3.8) is 0 Å². The Morgan fingerprint density at radius 1 is 1.39 bits per heavy atom. The summed E-state index contributed by atoms with van der Waals surface area (Å²) in [5.41, 5.74) is 1.48. The van der Waals surface area contributed by atoms with Crippen molar-refractivity contribution in [2.45, 2.75) is 71.9 Å². The van der Waals surface area contributed by atoms with E-state index in [4.69, 9.17) is 4.98 Å². The second-order valence-corrected chi connectivity index (χ2v) is 8.05. The van der Waals surface area contributed by atoms with E-state index in [0.29, 0.717) is 5.92 Å². The average molecular weight is 266 g/mol. The first-order chi connectivity index (χ1) is 8.28. The summed E-state index contributed by atoms with van der Waals surface area (Å²) in [7, 11) is 0. The molecule has 0 amide bonds. The van der Waals surface area contributed by atoms with Crippen molar-refractivity contribution in [1.82, 2.24) is 10.3 Å². The zero-order valence-corrected chi connectivity index (χ0v) is 13.3. The number of hydrogen-bond donors (Lipinski definition) is 1. The summed E-state index contributed by atoms with van der Waals surface area (Å²) in [5.74, 6) is 2.12. The minimum atomic E-state index is 0.172. The molecule has 0 bridgehead atoms. The van der Waals surface area contributed by atoms with Crippen LogP contribution in [0.3, 0.4) is 0 Å². The van der Waals surface area contributed by atoms with Crippen molar-refractivity contribution in [3.05, 3.63) is 15.6 Å². The smallest absolute Gasteiger partial charge is 0.0965 e. The molecule has 1 N–H and O–H groups in total. The van der Waals surface area contributed by atoms with E-state index < -0.39 is 0 Å². The number of thiazole rings is 1. The van der Waals surface area contributed by atoms with Crippen molar-refractivity contribution in [2.75, 3.05) is 0 Å². The van der Waals surface area contributed by atoms with Crippen LogP contribution in [-0.2, 0) is 6.54 Å². The largest absolute Gasteiger partial charge is 0.307 e. The van der Waals surface area contributed by atoms with Crippen molar-refractivity contribution < 1.29 is 0 Å². The SMILES string of the molecule is CC(C)c1nc(C2CC2C)sc1CNC(C)(C)C. The molecule has 2 atom stereocenters. The Labute approximate surface area is 115 Å². The molecule has 102 valence electrons. The molecular formula is C15H26N2S. The van der Waals surface area contributed by atoms with Gasteiger partial charge in [-0.15, -0.1) is 11.3 Å². The molecule has 1 aromatic heterocycles. The minimum absolute atomic E-state index is 0.172. The summed E-state index contributed by atoms with van der Waals surface area (Å²) in [5, 5.41) is 4.96. The monoisotopic (exact) mass is 266 g/mol. The van der Waals surface area contributed by atoms with Gasteiger partial charge in [-0.1, -0.05) is 20.8 Å². The molecule has 0 aromatic carbocycles. The molecule has 1 fully saturated rings. The molecule has 18 heavy (non-hydrogen) atoms. The third-order valence-electron chi connectivity index (χ3n) is 3.50. The standard InChI is InChI=1S/C15H26N2S/c1-9(2)13-12(8-16-15(4,5)6)18-14(17-13)11-7-10(11)3/h9-11,16H,7-8H2,1-6H3. The maximum absolute atomic E-state index is 4.90. The highest BCUT2D eigenvalue weighted by Crippen LogP contribution is 2.49. The van der Waals surface area contributed by atoms with Gasteiger partial charge in [-0.2, -0.15) is 0 Å². The van der Waals surface area contributed by atoms with Gasteiger partial charge < -0.3 is 5.32 Å². The molecule has 0 spiro atoms. The predicted molar refractivity (Wildman–Crippen MR) is 79.3 cm³/mol. The number of nitrogens with zero attached hydrogens (tertiary/aromatic N) is 1. The first-order valence-corrected chi connectivity index (χ1v) is 7.84. The summed E-state index contributed by atoms with van der Waals surface area (Å²) >= 11 is 1.93. The van der Waals surface area contributed by atoms with E-state index in [-0.39, 0.29) is 5.54 Å². The van der Waals surface area contributed by atoms with Gasteiger partial charge in [0, 0.05) is 22.9 Å². The molecule has 0 saturated heterocycles. The van der Waals surface area contributed by atoms with E-state index >= 15 is 0 Å². The van der Waals surface area contributed by atoms with Crippen LogP contribution in [0.5, 0.6) is 0 Å². The molecule has 1 aliphatic carbocycles. The zero-order chi connectivity index (χ0) is 13.5. The third kappa shape index (κ3) is 3.33. The molecule has 2 nitrogen and oxygen atoms in total. The van der Waals surface area contributed by atoms with Crippen molar-refractivity contribution in [2.24, 2.45) is 5.92 Å². The maximum atomic E-state index is 4.90. The highest BCUT2D eigenvalue weighted by molar-refractivity contribution is 7.11. The Balaban J connectivity index is 2.14. The molecule has 0 aliphatic heterocycles. The lowest BCUT2D eigenvalue weighted by Gasteiger charge is -2.20. The van der Waals surface area contributed by atoms with Crippen LogP contribution in [0.2, 0.25) is 0 Å². The Morgan fingerprint density at radius 2 is 2.00 bits per heavy atom. The molecule has 1 heterocycles. The molecule has 3 heteroatoms. The Bertz CT molecular complexity index is 415. The van der Waals surface area contributed by atoms with Crippen LogP contribution in [0, 0.1) is 5.92 Å². The fourth-order valence-corrected chi connectivity index (χ4v) is 3.54. The van der Waals surface area contributed by atoms with Crippen LogP contribution in [0.15, 0.2) is 0 Å². The van der Waals surface area contributed by atoms with E-state index in [1.165, 1.54) is 22.0 Å². The highest BCUT2D eigenvalue weighted by Gasteiger charge is 2.37. The maximum Gasteiger partial charge on any atom is 0.0965 e. The second kappa shape index (κ2) is 4.93. The summed E-state index contributed by atoms with van der Waals surface area (Å²) in [6.07, 6.45) is 1.33. The van der Waals surface area contributed by atoms with E-state index in [2.05, 4.69) is 46.9 Å². The van der Waals surface area contributed by atoms with Gasteiger partial charge in [0.15, 0.2) is 0 Å². The Morgan fingerprint density at radius 3 is 2.44 bits per heavy atom. The lowest BCUT2D eigenvalue weighted by molar-refractivity contribution is 0.425. The first kappa shape index (κ1) is 14.0. The lowest BCUT2D eigenvalue weighted by Crippen LogP contribution is -2.35. The van der Waals surface area contributed by atoms with Gasteiger partial charge in [0.2, 0.25) is 0 Å². The quantitative estimate of drug-likeness (QED) is 0.880. The molecule has 1 aliphatic rings. The van der Waals surface area contributed by atoms with E-state index in [0.717, 1.165) is 18.4 Å². The van der Waals surface area contributed by atoms with Crippen LogP contribution in [0.1, 0.15) is 75.4 Å². The number of rotatable bonds is 4. The summed E-state index contributed by atoms with van der Waals surface area (Å²) in [6.45, 7) is 14.4. The van der Waals surface area contributed by atoms with E-state index in [9.17, 15) is 0 Å². The Kier molecular flexibility index (Phi) is 3.84. The molecule has 1 aromatic rings. The van der Waals surface area contributed by atoms with Gasteiger partial charge in [-0.3, -0.25) is 0 Å². The normalized spacial score (nSPS) is 23.7. The van der Waals surface area contributed by atoms with Crippen LogP contribution in [0.25, 0.3) is 0 Å². The average Bonchev–Trinajstić information content (AvgIpc) is 2.80. The van der Waals surface area contributed by atoms with E-state index in [1.807, 2.05) is 11.3 Å². The summed E-state index contributed by atoms with van der Waals surface area (Å²) < 4.78 is 0. The van der Waals surface area contributed by atoms with Gasteiger partial charge in [-0.05, 0) is 39.0 Å². The molecular weight excluding hydrogens is 240 g/mol. The topological polar surface area (TPSA) is 24.9 Å². The van der Waals surface area contributed by atoms with Gasteiger partial charge in [0.25, 0.3) is 0 Å². The number of aromatic nitrogens is 1. The number of nitrogens with one attached hydrogen (secondary N) is 1. The third-order valence-corrected chi connectivity index (χ3v) is 4.70. The first-order valence-electron chi connectivity index (χ1n) is 7.02. The highest BCUT2D eigenvalue weighted by atomic mass is 32.1. The lowest BCUT2D eigenvalue weighted by atomic mass is 10.1. The molecule has 0 radical (unpaired) electrons. The minimum Gasteiger partial charge on any atom is -0.307 e. The predicted octanol–water partition coefficient (Wildman–Crippen LogP) is 4.28. The van der Waals surface area contributed by atoms with Gasteiger partial charge in [0.05, 0.1) is 10.7 Å². The fraction of sp³-hybridized carbons (Fsp3) is 0.800. The molecule has 2 unspecified atom stereocenters. The summed E-state index contributed by atoms with van der Waals surface area (Å²) in [6, 6.07) is 0. The van der Waals surface area contributed by atoms with E-state index in [1.54, 1.807) is 0 Å². The van der Waals surface area contributed by atoms with Crippen LogP contribution in [-0.4, -0.2) is 10.5 Å². The molecule has 1 saturated carbocycles. The van der Waals surface area contributed by atoms with Crippen LogP contribution >= 0.6 is 11.3 Å². The summed E-state index contributed by atoms with van der Waals surface area (Å²) in [4.78, 5) is 6.34. The van der Waals surface area contributed by atoms with Gasteiger partial charge in [0.1, 0.15) is 0 Å².